The highest BCUT2D eigenvalue weighted by molar-refractivity contribution is 6.07. The van der Waals surface area contributed by atoms with Gasteiger partial charge in [-0.05, 0) is 44.4 Å². The Hall–Kier alpha value is -2.26. The molecule has 5 aliphatic rings. The van der Waals surface area contributed by atoms with Gasteiger partial charge in [0.05, 0.1) is 11.5 Å². The topological polar surface area (TPSA) is 114 Å². The van der Waals surface area contributed by atoms with Crippen molar-refractivity contribution in [1.29, 1.82) is 0 Å². The van der Waals surface area contributed by atoms with Crippen LogP contribution in [0.15, 0.2) is 12.2 Å². The summed E-state index contributed by atoms with van der Waals surface area (Å²) in [6.07, 6.45) is -0.921. The first-order valence-corrected chi connectivity index (χ1v) is 13.6. The molecule has 2 bridgehead atoms. The third-order valence-corrected chi connectivity index (χ3v) is 10.3. The van der Waals surface area contributed by atoms with Crippen LogP contribution in [0.4, 0.5) is 0 Å². The van der Waals surface area contributed by atoms with Crippen LogP contribution in [-0.2, 0) is 42.9 Å². The Labute approximate surface area is 223 Å². The van der Waals surface area contributed by atoms with Crippen molar-refractivity contribution in [3.63, 3.8) is 0 Å². The number of rotatable bonds is 3. The zero-order chi connectivity index (χ0) is 28.2. The first-order chi connectivity index (χ1) is 17.4. The number of ether oxygens (including phenoxy) is 5. The Balaban J connectivity index is 1.82. The molecule has 0 amide bonds. The normalized spacial score (nSPS) is 45.9. The molecule has 4 aliphatic carbocycles. The van der Waals surface area contributed by atoms with Crippen LogP contribution in [0, 0.1) is 28.1 Å². The van der Waals surface area contributed by atoms with E-state index >= 15 is 0 Å². The van der Waals surface area contributed by atoms with E-state index in [0.29, 0.717) is 12.8 Å². The minimum Gasteiger partial charge on any atom is -0.462 e. The molecule has 1 aliphatic heterocycles. The summed E-state index contributed by atoms with van der Waals surface area (Å²) in [4.78, 5) is 51.9. The molecule has 5 rings (SSSR count). The second-order valence-corrected chi connectivity index (χ2v) is 13.3. The summed E-state index contributed by atoms with van der Waals surface area (Å²) < 4.78 is 31.1. The maximum atomic E-state index is 14.6. The van der Waals surface area contributed by atoms with E-state index in [1.165, 1.54) is 20.8 Å². The molecule has 210 valence electrons. The highest BCUT2D eigenvalue weighted by Crippen LogP contribution is 2.75. The lowest BCUT2D eigenvalue weighted by Crippen LogP contribution is -2.78. The maximum absolute atomic E-state index is 14.6. The van der Waals surface area contributed by atoms with Crippen molar-refractivity contribution < 1.29 is 42.9 Å². The lowest BCUT2D eigenvalue weighted by atomic mass is 9.38. The fraction of sp³-hybridized carbons (Fsp3) is 0.793. The second-order valence-electron chi connectivity index (χ2n) is 13.3. The van der Waals surface area contributed by atoms with Gasteiger partial charge in [0, 0.05) is 44.1 Å². The highest BCUT2D eigenvalue weighted by Gasteiger charge is 2.85. The number of Topliss-reactive ketones (excluding diaryl/α,β-unsaturated/α-hetero) is 1. The van der Waals surface area contributed by atoms with Crippen molar-refractivity contribution >= 4 is 23.7 Å². The molecular weight excluding hydrogens is 492 g/mol. The van der Waals surface area contributed by atoms with Crippen molar-refractivity contribution in [2.75, 3.05) is 0 Å². The van der Waals surface area contributed by atoms with E-state index in [9.17, 15) is 19.2 Å². The van der Waals surface area contributed by atoms with Crippen LogP contribution in [0.1, 0.15) is 81.1 Å². The Morgan fingerprint density at radius 2 is 1.58 bits per heavy atom. The molecule has 0 unspecified atom stereocenters. The molecule has 1 saturated heterocycles. The van der Waals surface area contributed by atoms with E-state index in [0.717, 1.165) is 6.42 Å². The largest absolute Gasteiger partial charge is 0.462 e. The summed E-state index contributed by atoms with van der Waals surface area (Å²) in [5, 5.41) is 0. The molecule has 0 aromatic heterocycles. The van der Waals surface area contributed by atoms with Gasteiger partial charge in [0.25, 0.3) is 0 Å². The van der Waals surface area contributed by atoms with Gasteiger partial charge in [-0.15, -0.1) is 0 Å². The maximum Gasteiger partial charge on any atom is 0.303 e. The molecule has 5 fully saturated rings. The van der Waals surface area contributed by atoms with Gasteiger partial charge < -0.3 is 23.7 Å². The number of esters is 3. The van der Waals surface area contributed by atoms with Crippen LogP contribution in [-0.4, -0.2) is 59.5 Å². The molecule has 0 radical (unpaired) electrons. The number of carbonyl (C=O) groups excluding carboxylic acids is 4. The van der Waals surface area contributed by atoms with Gasteiger partial charge in [-0.1, -0.05) is 27.4 Å². The van der Waals surface area contributed by atoms with E-state index < -0.39 is 70.5 Å². The molecule has 0 N–H and O–H groups in total. The lowest BCUT2D eigenvalue weighted by Gasteiger charge is -2.70. The van der Waals surface area contributed by atoms with Gasteiger partial charge >= 0.3 is 17.9 Å². The second kappa shape index (κ2) is 8.13. The first kappa shape index (κ1) is 27.3. The minimum atomic E-state index is -1.51. The standard InChI is InChI=1S/C29H40O9/c1-14-23(33)29-21-12-19-25(5,6)11-10-20(35-16(3)31)27(19,9)22(29)18(34-15(2)30)13-28(14,36-17(4)32)24(29)38-26(7,8)37-21/h18-22,24H,1,10-13H2,2-9H3/t18-,19+,20+,21+,22-,24+,27-,28+,29+/m0/s1. The Kier molecular flexibility index (Phi) is 5.84. The van der Waals surface area contributed by atoms with E-state index in [1.807, 2.05) is 0 Å². The highest BCUT2D eigenvalue weighted by atomic mass is 16.7. The average Bonchev–Trinajstić information content (AvgIpc) is 2.86. The van der Waals surface area contributed by atoms with E-state index in [-0.39, 0.29) is 29.1 Å². The Morgan fingerprint density at radius 3 is 2.16 bits per heavy atom. The van der Waals surface area contributed by atoms with Crippen LogP contribution in [0.3, 0.4) is 0 Å². The van der Waals surface area contributed by atoms with Gasteiger partial charge in [0.2, 0.25) is 0 Å². The summed E-state index contributed by atoms with van der Waals surface area (Å²) in [6.45, 7) is 18.2. The third kappa shape index (κ3) is 3.36. The monoisotopic (exact) mass is 532 g/mol. The zero-order valence-electron chi connectivity index (χ0n) is 23.7. The van der Waals surface area contributed by atoms with Crippen LogP contribution in [0.2, 0.25) is 0 Å². The molecule has 38 heavy (non-hydrogen) atoms. The Bertz CT molecular complexity index is 1120. The van der Waals surface area contributed by atoms with Gasteiger partial charge in [-0.25, -0.2) is 0 Å². The molecule has 1 heterocycles. The van der Waals surface area contributed by atoms with Gasteiger partial charge in [-0.2, -0.15) is 0 Å². The third-order valence-electron chi connectivity index (χ3n) is 10.3. The van der Waals surface area contributed by atoms with Crippen LogP contribution >= 0.6 is 0 Å². The fourth-order valence-corrected chi connectivity index (χ4v) is 9.37. The van der Waals surface area contributed by atoms with E-state index in [1.54, 1.807) is 13.8 Å². The lowest BCUT2D eigenvalue weighted by molar-refractivity contribution is -0.406. The van der Waals surface area contributed by atoms with Gasteiger partial charge in [0.1, 0.15) is 18.3 Å². The first-order valence-electron chi connectivity index (χ1n) is 13.6. The van der Waals surface area contributed by atoms with Crippen molar-refractivity contribution in [3.05, 3.63) is 12.2 Å². The quantitative estimate of drug-likeness (QED) is 0.305. The molecule has 0 aromatic carbocycles. The summed E-state index contributed by atoms with van der Waals surface area (Å²) in [6, 6.07) is 0. The molecule has 0 aromatic rings. The molecule has 9 heteroatoms. The van der Waals surface area contributed by atoms with Crippen molar-refractivity contribution in [2.45, 2.75) is 117 Å². The van der Waals surface area contributed by atoms with Gasteiger partial charge in [-0.3, -0.25) is 19.2 Å². The number of hydrogen-bond donors (Lipinski definition) is 0. The molecule has 9 nitrogen and oxygen atoms in total. The number of carbonyl (C=O) groups is 4. The SMILES string of the molecule is C=C1C(=O)[C@@]23[C@H]4C[C@@H]5C(C)(C)CC[C@@H](OC(C)=O)[C@@]5(C)[C@@H]2[C@@H](OC(C)=O)C[C@]1(OC(C)=O)[C@H]3OC(C)(C)O4. The molecular formula is C29H40O9. The van der Waals surface area contributed by atoms with Crippen molar-refractivity contribution in [1.82, 2.24) is 0 Å². The summed E-state index contributed by atoms with van der Waals surface area (Å²) in [5.74, 6) is -3.55. The van der Waals surface area contributed by atoms with Gasteiger partial charge in [0.15, 0.2) is 17.2 Å². The van der Waals surface area contributed by atoms with E-state index in [4.69, 9.17) is 23.7 Å². The fourth-order valence-electron chi connectivity index (χ4n) is 9.37. The summed E-state index contributed by atoms with van der Waals surface area (Å²) >= 11 is 0. The minimum absolute atomic E-state index is 0.0200. The average molecular weight is 533 g/mol. The number of ketones is 1. The van der Waals surface area contributed by atoms with Crippen LogP contribution < -0.4 is 0 Å². The predicted octanol–water partition coefficient (Wildman–Crippen LogP) is 3.66. The Morgan fingerprint density at radius 1 is 0.947 bits per heavy atom. The van der Waals surface area contributed by atoms with Crippen LogP contribution in [0.25, 0.3) is 0 Å². The molecule has 9 atom stereocenters. The summed E-state index contributed by atoms with van der Waals surface area (Å²) in [7, 11) is 0. The summed E-state index contributed by atoms with van der Waals surface area (Å²) in [5.41, 5.74) is -3.69. The molecule has 4 saturated carbocycles. The number of fused-ring (bicyclic) bond motifs is 2. The smallest absolute Gasteiger partial charge is 0.303 e. The molecule has 1 spiro atoms. The number of hydrogen-bond acceptors (Lipinski definition) is 9. The van der Waals surface area contributed by atoms with Crippen molar-refractivity contribution in [2.24, 2.45) is 28.1 Å². The van der Waals surface area contributed by atoms with Crippen molar-refractivity contribution in [3.8, 4) is 0 Å². The zero-order valence-corrected chi connectivity index (χ0v) is 23.7. The predicted molar refractivity (Wildman–Crippen MR) is 133 cm³/mol. The van der Waals surface area contributed by atoms with Crippen LogP contribution in [0.5, 0.6) is 0 Å². The van der Waals surface area contributed by atoms with E-state index in [2.05, 4.69) is 27.4 Å².